The summed E-state index contributed by atoms with van der Waals surface area (Å²) in [6, 6.07) is 53.8. The van der Waals surface area contributed by atoms with Gasteiger partial charge in [0, 0.05) is 17.0 Å². The minimum Gasteiger partial charge on any atom is -0.492 e. The lowest BCUT2D eigenvalue weighted by atomic mass is 9.68. The largest absolute Gasteiger partial charge is 0.492 e. The van der Waals surface area contributed by atoms with Gasteiger partial charge in [-0.25, -0.2) is 0 Å². The molecule has 62 heavy (non-hydrogen) atoms. The van der Waals surface area contributed by atoms with Crippen LogP contribution in [0.4, 0.5) is 0 Å². The molecule has 2 aliphatic carbocycles. The quantitative estimate of drug-likeness (QED) is 0.152. The fraction of sp³-hybridized carbons (Fsp3) is 0.333. The minimum atomic E-state index is 0.319. The molecule has 2 nitrogen and oxygen atoms in total. The second kappa shape index (κ2) is 17.3. The first-order valence-electron chi connectivity index (χ1n) is 24.0. The zero-order valence-corrected chi connectivity index (χ0v) is 36.5. The lowest BCUT2D eigenvalue weighted by Crippen LogP contribution is -2.26. The third kappa shape index (κ3) is 7.87. The van der Waals surface area contributed by atoms with Gasteiger partial charge in [0.2, 0.25) is 0 Å². The van der Waals surface area contributed by atoms with Crippen LogP contribution >= 0.6 is 0 Å². The highest BCUT2D eigenvalue weighted by Crippen LogP contribution is 2.49. The number of hydrogen-bond donors (Lipinski definition) is 0. The lowest BCUT2D eigenvalue weighted by molar-refractivity contribution is 0.129. The van der Waals surface area contributed by atoms with E-state index in [1.807, 2.05) is 0 Å². The summed E-state index contributed by atoms with van der Waals surface area (Å²) < 4.78 is 14.2. The molecular weight excluding hydrogens is 753 g/mol. The Morgan fingerprint density at radius 2 is 0.758 bits per heavy atom. The topological polar surface area (TPSA) is 18.5 Å². The van der Waals surface area contributed by atoms with Crippen molar-refractivity contribution in [1.29, 1.82) is 0 Å². The Morgan fingerprint density at radius 1 is 0.371 bits per heavy atom. The summed E-state index contributed by atoms with van der Waals surface area (Å²) >= 11 is 0. The number of hydrogen-bond acceptors (Lipinski definition) is 2. The van der Waals surface area contributed by atoms with Gasteiger partial charge in [-0.3, -0.25) is 0 Å². The van der Waals surface area contributed by atoms with Gasteiger partial charge in [0.25, 0.3) is 0 Å². The van der Waals surface area contributed by atoms with Crippen LogP contribution < -0.4 is 9.47 Å². The van der Waals surface area contributed by atoms with Crippen molar-refractivity contribution in [1.82, 2.24) is 0 Å². The third-order valence-electron chi connectivity index (χ3n) is 15.5. The van der Waals surface area contributed by atoms with Crippen LogP contribution in [0.25, 0.3) is 76.5 Å². The molecule has 8 aromatic rings. The number of rotatable bonds is 8. The molecule has 3 aliphatic rings. The number of fused-ring (bicyclic) bond motifs is 9. The molecule has 0 aromatic heterocycles. The molecule has 0 amide bonds. The number of ether oxygens (including phenoxy) is 2. The van der Waals surface area contributed by atoms with Gasteiger partial charge in [-0.2, -0.15) is 0 Å². The minimum absolute atomic E-state index is 0.319. The molecule has 2 heteroatoms. The van der Waals surface area contributed by atoms with Crippen LogP contribution in [-0.4, -0.2) is 13.2 Å². The van der Waals surface area contributed by atoms with Crippen molar-refractivity contribution in [2.24, 2.45) is 29.6 Å². The Labute approximate surface area is 368 Å². The molecule has 0 bridgehead atoms. The van der Waals surface area contributed by atoms with Crippen LogP contribution in [-0.2, 0) is 0 Å². The van der Waals surface area contributed by atoms with Gasteiger partial charge >= 0.3 is 0 Å². The average molecular weight is 813 g/mol. The van der Waals surface area contributed by atoms with E-state index >= 15 is 0 Å². The maximum atomic E-state index is 7.08. The molecule has 1 heterocycles. The molecule has 0 radical (unpaired) electrons. The summed E-state index contributed by atoms with van der Waals surface area (Å²) in [6.45, 7) is 3.68. The van der Waals surface area contributed by atoms with Gasteiger partial charge in [-0.1, -0.05) is 155 Å². The molecule has 0 N–H and O–H groups in total. The van der Waals surface area contributed by atoms with E-state index in [2.05, 4.69) is 153 Å². The molecule has 2 fully saturated rings. The van der Waals surface area contributed by atoms with Gasteiger partial charge in [-0.05, 0) is 164 Å². The van der Waals surface area contributed by atoms with E-state index in [4.69, 9.17) is 9.47 Å². The summed E-state index contributed by atoms with van der Waals surface area (Å²) in [6.07, 6.45) is 16.8. The van der Waals surface area contributed by atoms with E-state index < -0.39 is 0 Å². The predicted octanol–water partition coefficient (Wildman–Crippen LogP) is 16.9. The molecule has 2 saturated carbocycles. The van der Waals surface area contributed by atoms with Gasteiger partial charge in [0.05, 0.1) is 13.2 Å². The van der Waals surface area contributed by atoms with E-state index in [1.165, 1.54) is 136 Å². The van der Waals surface area contributed by atoms with Crippen molar-refractivity contribution in [3.8, 4) is 44.9 Å². The molecule has 11 rings (SSSR count). The first-order chi connectivity index (χ1) is 30.6. The van der Waals surface area contributed by atoms with Crippen LogP contribution in [0.5, 0.6) is 11.5 Å². The second-order valence-corrected chi connectivity index (χ2v) is 19.3. The summed E-state index contributed by atoms with van der Waals surface area (Å²) in [5, 5.41) is 9.80. The molecule has 1 aliphatic heterocycles. The van der Waals surface area contributed by atoms with E-state index in [0.717, 1.165) is 52.7 Å². The summed E-state index contributed by atoms with van der Waals surface area (Å²) in [5.74, 6) is 5.99. The second-order valence-electron chi connectivity index (χ2n) is 19.3. The molecule has 312 valence electrons. The first-order valence-corrected chi connectivity index (χ1v) is 24.0. The molecular formula is C60H60O2. The van der Waals surface area contributed by atoms with E-state index in [0.29, 0.717) is 19.1 Å². The smallest absolute Gasteiger partial charge is 0.127 e. The average Bonchev–Trinajstić information content (AvgIpc) is 3.41. The molecule has 8 aromatic carbocycles. The van der Waals surface area contributed by atoms with Crippen molar-refractivity contribution >= 4 is 43.1 Å². The fourth-order valence-corrected chi connectivity index (χ4v) is 11.9. The third-order valence-corrected chi connectivity index (χ3v) is 15.5. The predicted molar refractivity (Wildman–Crippen MR) is 262 cm³/mol. The summed E-state index contributed by atoms with van der Waals surface area (Å²) in [7, 11) is 0. The van der Waals surface area contributed by atoms with Crippen LogP contribution in [0.15, 0.2) is 146 Å². The zero-order valence-electron chi connectivity index (χ0n) is 36.5. The maximum Gasteiger partial charge on any atom is 0.127 e. The normalized spacial score (nSPS) is 20.8. The summed E-state index contributed by atoms with van der Waals surface area (Å²) in [4.78, 5) is 0. The Bertz CT molecular complexity index is 2700. The molecule has 0 unspecified atom stereocenters. The molecule has 0 atom stereocenters. The first kappa shape index (κ1) is 39.3. The Balaban J connectivity index is 0.936. The van der Waals surface area contributed by atoms with Crippen LogP contribution in [0.2, 0.25) is 0 Å². The maximum absolute atomic E-state index is 7.08. The van der Waals surface area contributed by atoms with Gasteiger partial charge in [0.15, 0.2) is 0 Å². The van der Waals surface area contributed by atoms with Crippen LogP contribution in [0.3, 0.4) is 0 Å². The van der Waals surface area contributed by atoms with Crippen molar-refractivity contribution in [2.45, 2.75) is 84.0 Å². The van der Waals surface area contributed by atoms with Crippen molar-refractivity contribution in [3.63, 3.8) is 0 Å². The van der Waals surface area contributed by atoms with Crippen molar-refractivity contribution in [2.75, 3.05) is 13.2 Å². The molecule has 0 saturated heterocycles. The van der Waals surface area contributed by atoms with Gasteiger partial charge in [-0.15, -0.1) is 0 Å². The zero-order chi connectivity index (χ0) is 41.4. The van der Waals surface area contributed by atoms with E-state index in [9.17, 15) is 0 Å². The summed E-state index contributed by atoms with van der Waals surface area (Å²) in [5.41, 5.74) is 7.09. The van der Waals surface area contributed by atoms with E-state index in [1.54, 1.807) is 0 Å². The fourth-order valence-electron chi connectivity index (χ4n) is 11.9. The van der Waals surface area contributed by atoms with Crippen LogP contribution in [0.1, 0.15) is 84.0 Å². The SMILES string of the molecule is CCCC1CCC(C2CCC(CCC3COc4ccc5ccc(-c6ccc7ccccc7c6)cc5c4-c4c(ccc5ccc(-c6ccc7ccccc7c6)cc45)OC3)CC2)CC1. The highest BCUT2D eigenvalue weighted by atomic mass is 16.5. The Hall–Kier alpha value is -5.60. The standard InChI is InChI=1S/C60H60O2/c1-2-7-40-14-18-45(19-15-40)46-20-16-41(17-21-46)12-13-42-38-61-57-32-30-47-24-28-53(51-26-22-43-8-3-5-10-49(43)34-51)36-55(47)59(57)60-56-37-54(29-25-48(56)31-33-58(60)62-39-42)52-27-23-44-9-4-6-11-50(44)35-52/h3-6,8-11,22-37,40-42,45-46H,2,7,12-21,38-39H2,1H3. The number of benzene rings is 8. The highest BCUT2D eigenvalue weighted by Gasteiger charge is 2.31. The monoisotopic (exact) mass is 812 g/mol. The van der Waals surface area contributed by atoms with Gasteiger partial charge in [0.1, 0.15) is 11.5 Å². The van der Waals surface area contributed by atoms with Crippen molar-refractivity contribution < 1.29 is 9.47 Å². The van der Waals surface area contributed by atoms with Crippen LogP contribution in [0, 0.1) is 29.6 Å². The van der Waals surface area contributed by atoms with Gasteiger partial charge < -0.3 is 9.47 Å². The van der Waals surface area contributed by atoms with E-state index in [-0.39, 0.29) is 0 Å². The Kier molecular flexibility index (Phi) is 10.9. The molecule has 0 spiro atoms. The van der Waals surface area contributed by atoms with Crippen molar-refractivity contribution in [3.05, 3.63) is 146 Å². The highest BCUT2D eigenvalue weighted by molar-refractivity contribution is 6.11. The Morgan fingerprint density at radius 3 is 1.23 bits per heavy atom. The lowest BCUT2D eigenvalue weighted by Gasteiger charge is -2.38.